The van der Waals surface area contributed by atoms with E-state index in [0.717, 1.165) is 36.7 Å². The number of rotatable bonds is 8. The van der Waals surface area contributed by atoms with Gasteiger partial charge in [0.1, 0.15) is 23.3 Å². The first-order valence-electron chi connectivity index (χ1n) is 17.0. The molecule has 6 rings (SSSR count). The van der Waals surface area contributed by atoms with Gasteiger partial charge in [0.05, 0.1) is 34.2 Å². The van der Waals surface area contributed by atoms with Crippen LogP contribution in [0.4, 0.5) is 34.0 Å². The Morgan fingerprint density at radius 1 is 1.16 bits per heavy atom. The van der Waals surface area contributed by atoms with E-state index in [2.05, 4.69) is 25.1 Å². The molecule has 5 heterocycles. The molecule has 2 aliphatic rings. The van der Waals surface area contributed by atoms with E-state index in [1.165, 1.54) is 25.4 Å². The number of piperidine rings is 1. The van der Waals surface area contributed by atoms with Gasteiger partial charge in [-0.3, -0.25) is 4.90 Å². The van der Waals surface area contributed by atoms with Gasteiger partial charge in [0, 0.05) is 36.6 Å². The number of likely N-dealkylation sites (tertiary alicyclic amines) is 1. The molecule has 12 nitrogen and oxygen atoms in total. The van der Waals surface area contributed by atoms with Crippen molar-refractivity contribution in [2.45, 2.75) is 90.2 Å². The van der Waals surface area contributed by atoms with E-state index in [1.807, 2.05) is 32.7 Å². The molecular weight excluding hydrogens is 692 g/mol. The molecule has 2 N–H and O–H groups in total. The van der Waals surface area contributed by atoms with Gasteiger partial charge in [0.2, 0.25) is 0 Å². The third kappa shape index (κ3) is 7.12. The topological polar surface area (TPSA) is 131 Å². The maximum Gasteiger partial charge on any atom is 0.418 e. The van der Waals surface area contributed by atoms with Crippen molar-refractivity contribution in [1.82, 2.24) is 39.7 Å². The Hall–Kier alpha value is -4.31. The molecule has 4 atom stereocenters. The molecule has 17 heteroatoms. The Kier molecular flexibility index (Phi) is 10.3. The van der Waals surface area contributed by atoms with Gasteiger partial charge in [-0.1, -0.05) is 23.3 Å². The molecule has 1 amide bonds. The van der Waals surface area contributed by atoms with Crippen LogP contribution in [-0.2, 0) is 6.18 Å². The number of anilines is 2. The van der Waals surface area contributed by atoms with Crippen molar-refractivity contribution in [3.63, 3.8) is 0 Å². The zero-order valence-electron chi connectivity index (χ0n) is 29.1. The van der Waals surface area contributed by atoms with Crippen LogP contribution in [0, 0.1) is 12.7 Å². The minimum absolute atomic E-state index is 0.0632. The number of fused-ring (bicyclic) bond motifs is 1. The van der Waals surface area contributed by atoms with Crippen molar-refractivity contribution in [2.24, 2.45) is 0 Å². The number of pyridine rings is 1. The zero-order chi connectivity index (χ0) is 36.8. The molecule has 0 radical (unpaired) electrons. The lowest BCUT2D eigenvalue weighted by Gasteiger charge is -2.42. The van der Waals surface area contributed by atoms with Gasteiger partial charge in [-0.25, -0.2) is 14.2 Å². The second-order valence-electron chi connectivity index (χ2n) is 13.4. The largest absolute Gasteiger partial charge is 0.459 e. The van der Waals surface area contributed by atoms with Gasteiger partial charge in [-0.2, -0.15) is 33.3 Å². The van der Waals surface area contributed by atoms with Crippen LogP contribution in [-0.4, -0.2) is 96.7 Å². The lowest BCUT2D eigenvalue weighted by Crippen LogP contribution is -2.52. The standard InChI is InChI=1S/C34H41ClF4N10O2/c1-6-12-48(33(50)49-41-10-11-42-49)21-9-14-47(19(3)16-21)31-22-17-23(35)26(30-27(34(37,38)39)18(2)15-25(40)43-30)28(36)29(22)44-32(45-31)51-20(4)24-8-7-13-46(24)5/h10-11,15,17,19-21,24H,6-9,12-14,16H2,1-5H3,(H2,40,43)/t19-,20-,21?,24-/m0/s1. The Morgan fingerprint density at radius 3 is 2.51 bits per heavy atom. The third-order valence-electron chi connectivity index (χ3n) is 9.87. The Balaban J connectivity index is 1.45. The number of nitrogens with two attached hydrogens (primary N) is 1. The molecule has 2 saturated heterocycles. The van der Waals surface area contributed by atoms with Crippen LogP contribution in [0.2, 0.25) is 5.02 Å². The van der Waals surface area contributed by atoms with E-state index in [4.69, 9.17) is 27.1 Å². The number of halogens is 5. The lowest BCUT2D eigenvalue weighted by molar-refractivity contribution is -0.137. The van der Waals surface area contributed by atoms with Gasteiger partial charge < -0.3 is 20.3 Å². The number of ether oxygens (including phenoxy) is 1. The van der Waals surface area contributed by atoms with Crippen LogP contribution in [0.25, 0.3) is 22.2 Å². The summed E-state index contributed by atoms with van der Waals surface area (Å²) in [4.78, 5) is 33.5. The quantitative estimate of drug-likeness (QED) is 0.198. The van der Waals surface area contributed by atoms with Gasteiger partial charge in [0.15, 0.2) is 5.82 Å². The summed E-state index contributed by atoms with van der Waals surface area (Å²) in [6, 6.07) is 1.70. The van der Waals surface area contributed by atoms with Crippen molar-refractivity contribution in [3.8, 4) is 17.3 Å². The first-order valence-corrected chi connectivity index (χ1v) is 17.4. The first-order chi connectivity index (χ1) is 24.2. The smallest absolute Gasteiger partial charge is 0.418 e. The fourth-order valence-electron chi connectivity index (χ4n) is 7.51. The molecule has 0 aliphatic carbocycles. The normalized spacial score (nSPS) is 20.6. The number of aryl methyl sites for hydroxylation is 1. The monoisotopic (exact) mass is 732 g/mol. The summed E-state index contributed by atoms with van der Waals surface area (Å²) in [5, 5.41) is 7.92. The highest BCUT2D eigenvalue weighted by molar-refractivity contribution is 6.34. The number of carbonyl (C=O) groups is 1. The van der Waals surface area contributed by atoms with Crippen LogP contribution in [0.3, 0.4) is 0 Å². The molecule has 0 spiro atoms. The van der Waals surface area contributed by atoms with Crippen molar-refractivity contribution < 1.29 is 27.1 Å². The van der Waals surface area contributed by atoms with E-state index in [-0.39, 0.29) is 63.6 Å². The van der Waals surface area contributed by atoms with E-state index in [0.29, 0.717) is 31.7 Å². The summed E-state index contributed by atoms with van der Waals surface area (Å²) >= 11 is 6.67. The average Bonchev–Trinajstić information content (AvgIpc) is 3.75. The average molecular weight is 733 g/mol. The van der Waals surface area contributed by atoms with Gasteiger partial charge in [-0.15, -0.1) is 0 Å². The van der Waals surface area contributed by atoms with E-state index < -0.39 is 28.8 Å². The highest BCUT2D eigenvalue weighted by Crippen LogP contribution is 2.45. The zero-order valence-corrected chi connectivity index (χ0v) is 29.8. The minimum Gasteiger partial charge on any atom is -0.459 e. The second-order valence-corrected chi connectivity index (χ2v) is 13.8. The molecule has 1 unspecified atom stereocenters. The number of hydrogen-bond donors (Lipinski definition) is 1. The Labute approximate surface area is 297 Å². The maximum atomic E-state index is 16.9. The predicted molar refractivity (Wildman–Crippen MR) is 185 cm³/mol. The number of alkyl halides is 3. The van der Waals surface area contributed by atoms with Crippen molar-refractivity contribution >= 4 is 40.2 Å². The molecule has 1 aromatic carbocycles. The molecule has 4 aromatic rings. The second kappa shape index (κ2) is 14.4. The number of nitrogens with zero attached hydrogens (tertiary/aromatic N) is 9. The maximum absolute atomic E-state index is 16.9. The van der Waals surface area contributed by atoms with Gasteiger partial charge in [-0.05, 0) is 84.2 Å². The number of amides is 1. The lowest BCUT2D eigenvalue weighted by atomic mass is 9.95. The predicted octanol–water partition coefficient (Wildman–Crippen LogP) is 6.58. The molecular formula is C34H41ClF4N10O2. The van der Waals surface area contributed by atoms with Crippen molar-refractivity contribution in [1.29, 1.82) is 0 Å². The van der Waals surface area contributed by atoms with Crippen LogP contribution in [0.1, 0.15) is 64.0 Å². The molecule has 0 saturated carbocycles. The summed E-state index contributed by atoms with van der Waals surface area (Å²) in [7, 11) is 2.00. The molecule has 0 bridgehead atoms. The SMILES string of the molecule is CCCN(C(=O)n1nccn1)C1CCN(c2nc(O[C@@H](C)[C@@H]3CCCN3C)nc3c(F)c(-c4nc(N)cc(C)c4C(F)(F)F)c(Cl)cc23)[C@@H](C)C1. The summed E-state index contributed by atoms with van der Waals surface area (Å²) in [6.45, 7) is 8.89. The number of benzene rings is 1. The van der Waals surface area contributed by atoms with E-state index in [9.17, 15) is 18.0 Å². The highest BCUT2D eigenvalue weighted by atomic mass is 35.5. The molecule has 2 aliphatic heterocycles. The molecule has 2 fully saturated rings. The summed E-state index contributed by atoms with van der Waals surface area (Å²) < 4.78 is 66.3. The van der Waals surface area contributed by atoms with Gasteiger partial charge >= 0.3 is 18.2 Å². The summed E-state index contributed by atoms with van der Waals surface area (Å²) in [5.41, 5.74) is 2.94. The molecule has 51 heavy (non-hydrogen) atoms. The van der Waals surface area contributed by atoms with E-state index >= 15 is 4.39 Å². The number of carbonyl (C=O) groups excluding carboxylic acids is 1. The first kappa shape index (κ1) is 36.5. The van der Waals surface area contributed by atoms with Crippen LogP contribution in [0.15, 0.2) is 24.5 Å². The van der Waals surface area contributed by atoms with Crippen molar-refractivity contribution in [2.75, 3.05) is 37.3 Å². The number of aromatic nitrogens is 6. The number of hydrogen-bond acceptors (Lipinski definition) is 10. The number of nitrogen functional groups attached to an aromatic ring is 1. The summed E-state index contributed by atoms with van der Waals surface area (Å²) in [5.74, 6) is -1.01. The van der Waals surface area contributed by atoms with E-state index in [1.54, 1.807) is 4.90 Å². The van der Waals surface area contributed by atoms with Crippen molar-refractivity contribution in [3.05, 3.63) is 46.5 Å². The Bertz CT molecular complexity index is 1910. The Morgan fingerprint density at radius 2 is 1.88 bits per heavy atom. The number of likely N-dealkylation sites (N-methyl/N-ethyl adjacent to an activating group) is 1. The minimum atomic E-state index is -4.88. The summed E-state index contributed by atoms with van der Waals surface area (Å²) in [6.07, 6.45) is 1.32. The van der Waals surface area contributed by atoms with Crippen LogP contribution < -0.4 is 15.4 Å². The third-order valence-corrected chi connectivity index (χ3v) is 10.2. The molecule has 274 valence electrons. The fourth-order valence-corrected chi connectivity index (χ4v) is 7.79. The molecule has 3 aromatic heterocycles. The highest BCUT2D eigenvalue weighted by Gasteiger charge is 2.40. The fraction of sp³-hybridized carbons (Fsp3) is 0.529. The van der Waals surface area contributed by atoms with Crippen LogP contribution >= 0.6 is 11.6 Å². The van der Waals surface area contributed by atoms with Crippen LogP contribution in [0.5, 0.6) is 6.01 Å². The van der Waals surface area contributed by atoms with Gasteiger partial charge in [0.25, 0.3) is 0 Å².